The molecule has 1 aromatic carbocycles. The second-order valence-corrected chi connectivity index (χ2v) is 7.85. The zero-order chi connectivity index (χ0) is 22.7. The normalized spacial score (nSPS) is 16.5. The maximum Gasteiger partial charge on any atom is 0.251 e. The number of nitrogens with two attached hydrogens (primary N) is 1. The van der Waals surface area contributed by atoms with Gasteiger partial charge in [-0.1, -0.05) is 48.0 Å². The molecule has 0 saturated carbocycles. The minimum Gasteiger partial charge on any atom is -0.366 e. The van der Waals surface area contributed by atoms with E-state index in [4.69, 9.17) is 17.3 Å². The first-order valence-corrected chi connectivity index (χ1v) is 10.00. The molecule has 1 aliphatic heterocycles. The van der Waals surface area contributed by atoms with Gasteiger partial charge in [0.1, 0.15) is 12.6 Å². The number of benzene rings is 1. The van der Waals surface area contributed by atoms with Crippen molar-refractivity contribution >= 4 is 35.1 Å². The number of carbonyl (C=O) groups is 3. The third-order valence-corrected chi connectivity index (χ3v) is 5.33. The van der Waals surface area contributed by atoms with Gasteiger partial charge in [0.2, 0.25) is 11.8 Å². The number of hydrogen-bond donors (Lipinski definition) is 1. The lowest BCUT2D eigenvalue weighted by atomic mass is 10.00. The monoisotopic (exact) mass is 444 g/mol. The van der Waals surface area contributed by atoms with E-state index in [0.717, 1.165) is 22.1 Å². The number of aromatic nitrogens is 1. The van der Waals surface area contributed by atoms with E-state index < -0.39 is 23.7 Å². The predicted octanol–water partition coefficient (Wildman–Crippen LogP) is 2.75. The van der Waals surface area contributed by atoms with Crippen LogP contribution in [0, 0.1) is 12.7 Å². The lowest BCUT2D eigenvalue weighted by molar-refractivity contribution is -0.144. The fourth-order valence-electron chi connectivity index (χ4n) is 3.38. The average molecular weight is 445 g/mol. The van der Waals surface area contributed by atoms with Crippen molar-refractivity contribution in [1.29, 1.82) is 0 Å². The van der Waals surface area contributed by atoms with Gasteiger partial charge < -0.3 is 10.6 Å². The number of aryl methyl sites for hydroxylation is 1. The van der Waals surface area contributed by atoms with E-state index in [0.29, 0.717) is 0 Å². The summed E-state index contributed by atoms with van der Waals surface area (Å²) in [5.41, 5.74) is 7.30. The quantitative estimate of drug-likeness (QED) is 0.664. The molecule has 9 heteroatoms. The molecule has 0 spiro atoms. The Bertz CT molecular complexity index is 1040. The Kier molecular flexibility index (Phi) is 6.70. The van der Waals surface area contributed by atoms with E-state index in [1.54, 1.807) is 0 Å². The van der Waals surface area contributed by atoms with Gasteiger partial charge in [-0.25, -0.2) is 9.37 Å². The van der Waals surface area contributed by atoms with Gasteiger partial charge in [0.05, 0.1) is 5.02 Å². The molecule has 2 heterocycles. The summed E-state index contributed by atoms with van der Waals surface area (Å²) in [6.45, 7) is 5.40. The molecular formula is C22H22ClFN4O3. The highest BCUT2D eigenvalue weighted by Gasteiger charge is 2.41. The van der Waals surface area contributed by atoms with Crippen LogP contribution in [0.15, 0.2) is 48.7 Å². The Morgan fingerprint density at radius 2 is 2.00 bits per heavy atom. The Labute approximate surface area is 184 Å². The smallest absolute Gasteiger partial charge is 0.251 e. The molecule has 162 valence electrons. The largest absolute Gasteiger partial charge is 0.366 e. The second-order valence-electron chi connectivity index (χ2n) is 7.41. The first-order valence-electron chi connectivity index (χ1n) is 9.62. The van der Waals surface area contributed by atoms with Crippen molar-refractivity contribution in [3.8, 4) is 0 Å². The number of pyridine rings is 1. The van der Waals surface area contributed by atoms with E-state index in [1.165, 1.54) is 11.1 Å². The first-order chi connectivity index (χ1) is 14.7. The van der Waals surface area contributed by atoms with Crippen molar-refractivity contribution in [1.82, 2.24) is 9.88 Å². The predicted molar refractivity (Wildman–Crippen MR) is 115 cm³/mol. The maximum absolute atomic E-state index is 14.4. The molecule has 1 aromatic heterocycles. The molecular weight excluding hydrogens is 423 g/mol. The molecule has 1 aliphatic rings. The molecule has 0 radical (unpaired) electrons. The van der Waals surface area contributed by atoms with Gasteiger partial charge in [-0.2, -0.15) is 0 Å². The van der Waals surface area contributed by atoms with Gasteiger partial charge in [0.25, 0.3) is 5.91 Å². The van der Waals surface area contributed by atoms with E-state index in [9.17, 15) is 18.8 Å². The number of piperazine rings is 1. The van der Waals surface area contributed by atoms with Crippen molar-refractivity contribution in [3.05, 3.63) is 70.6 Å². The molecule has 1 atom stereocenters. The second kappa shape index (κ2) is 9.26. The minimum atomic E-state index is -0.935. The first kappa shape index (κ1) is 22.4. The molecule has 7 nitrogen and oxygen atoms in total. The molecule has 3 rings (SSSR count). The van der Waals surface area contributed by atoms with Crippen LogP contribution >= 0.6 is 11.6 Å². The number of hydrogen-bond acceptors (Lipinski definition) is 4. The Morgan fingerprint density at radius 1 is 1.32 bits per heavy atom. The van der Waals surface area contributed by atoms with Crippen LogP contribution in [0.3, 0.4) is 0 Å². The van der Waals surface area contributed by atoms with Crippen molar-refractivity contribution in [2.75, 3.05) is 11.4 Å². The summed E-state index contributed by atoms with van der Waals surface area (Å²) in [6, 6.07) is 7.67. The summed E-state index contributed by atoms with van der Waals surface area (Å²) in [5, 5.41) is 0.0762. The van der Waals surface area contributed by atoms with Crippen LogP contribution in [0.4, 0.5) is 10.2 Å². The van der Waals surface area contributed by atoms with E-state index in [-0.39, 0.29) is 48.3 Å². The van der Waals surface area contributed by atoms with Crippen LogP contribution in [-0.4, -0.2) is 40.2 Å². The summed E-state index contributed by atoms with van der Waals surface area (Å²) >= 11 is 5.75. The van der Waals surface area contributed by atoms with E-state index in [1.807, 2.05) is 31.2 Å². The number of primary amides is 1. The lowest BCUT2D eigenvalue weighted by Crippen LogP contribution is -2.60. The zero-order valence-corrected chi connectivity index (χ0v) is 17.7. The molecule has 3 amide bonds. The van der Waals surface area contributed by atoms with Gasteiger partial charge in [0, 0.05) is 18.3 Å². The summed E-state index contributed by atoms with van der Waals surface area (Å²) < 4.78 is 14.4. The average Bonchev–Trinajstić information content (AvgIpc) is 2.71. The molecule has 1 fully saturated rings. The van der Waals surface area contributed by atoms with Crippen LogP contribution in [0.25, 0.3) is 0 Å². The van der Waals surface area contributed by atoms with Crippen molar-refractivity contribution < 1.29 is 18.8 Å². The number of amides is 3. The van der Waals surface area contributed by atoms with Gasteiger partial charge >= 0.3 is 0 Å². The van der Waals surface area contributed by atoms with Crippen molar-refractivity contribution in [2.24, 2.45) is 5.73 Å². The molecule has 2 aromatic rings. The fraction of sp³-hybridized carbons (Fsp3) is 0.273. The lowest BCUT2D eigenvalue weighted by Gasteiger charge is -2.40. The number of halogens is 2. The van der Waals surface area contributed by atoms with Crippen LogP contribution in [0.5, 0.6) is 0 Å². The summed E-state index contributed by atoms with van der Waals surface area (Å²) in [4.78, 5) is 44.0. The van der Waals surface area contributed by atoms with Crippen LogP contribution in [-0.2, 0) is 20.9 Å². The van der Waals surface area contributed by atoms with E-state index in [2.05, 4.69) is 11.6 Å². The molecule has 0 bridgehead atoms. The van der Waals surface area contributed by atoms with Gasteiger partial charge in [0.15, 0.2) is 11.6 Å². The highest BCUT2D eigenvalue weighted by atomic mass is 35.5. The molecule has 1 saturated heterocycles. The van der Waals surface area contributed by atoms with Crippen LogP contribution < -0.4 is 10.6 Å². The highest BCUT2D eigenvalue weighted by Crippen LogP contribution is 2.27. The van der Waals surface area contributed by atoms with Gasteiger partial charge in [-0.15, -0.1) is 0 Å². The van der Waals surface area contributed by atoms with Crippen molar-refractivity contribution in [3.63, 3.8) is 0 Å². The van der Waals surface area contributed by atoms with Gasteiger partial charge in [-0.05, 0) is 31.4 Å². The molecule has 0 unspecified atom stereocenters. The summed E-state index contributed by atoms with van der Waals surface area (Å²) in [6.07, 6.45) is 1.44. The Morgan fingerprint density at radius 3 is 2.61 bits per heavy atom. The molecule has 2 N–H and O–H groups in total. The number of carbonyl (C=O) groups excluding carboxylic acids is 3. The molecule has 31 heavy (non-hydrogen) atoms. The van der Waals surface area contributed by atoms with Crippen LogP contribution in [0.1, 0.15) is 24.0 Å². The third-order valence-electron chi connectivity index (χ3n) is 5.13. The van der Waals surface area contributed by atoms with Gasteiger partial charge in [-0.3, -0.25) is 19.3 Å². The summed E-state index contributed by atoms with van der Waals surface area (Å²) in [5.74, 6) is -2.62. The number of anilines is 1. The van der Waals surface area contributed by atoms with Crippen molar-refractivity contribution in [2.45, 2.75) is 32.4 Å². The molecule has 0 aliphatic carbocycles. The Balaban J connectivity index is 1.91. The minimum absolute atomic E-state index is 0.0762. The Hall–Kier alpha value is -3.26. The topological polar surface area (TPSA) is 96.6 Å². The standard InChI is InChI=1S/C22H22ClFN4O3/c1-13-3-6-15(7-4-13)11-27-18(8-5-14(2)20(25)30)22(31)28(12-19(27)29)21-17(24)9-16(23)10-26-21/h3-4,6-7,9-10,18H,2,5,8,11-12H2,1H3,(H2,25,30)/t18-/m0/s1. The zero-order valence-electron chi connectivity index (χ0n) is 17.0. The number of nitrogens with zero attached hydrogens (tertiary/aromatic N) is 3. The van der Waals surface area contributed by atoms with E-state index >= 15 is 0 Å². The summed E-state index contributed by atoms with van der Waals surface area (Å²) in [7, 11) is 0. The number of rotatable bonds is 7. The fourth-order valence-corrected chi connectivity index (χ4v) is 3.52. The SMILES string of the molecule is C=C(CC[C@H]1C(=O)N(c2ncc(Cl)cc2F)CC(=O)N1Cc1ccc(C)cc1)C(N)=O. The third kappa shape index (κ3) is 5.08. The maximum atomic E-state index is 14.4. The highest BCUT2D eigenvalue weighted by molar-refractivity contribution is 6.30. The van der Waals surface area contributed by atoms with Crippen LogP contribution in [0.2, 0.25) is 5.02 Å².